The molecule has 0 aromatic carbocycles. The van der Waals surface area contributed by atoms with Crippen LogP contribution in [0.2, 0.25) is 0 Å². The highest BCUT2D eigenvalue weighted by Gasteiger charge is 2.24. The van der Waals surface area contributed by atoms with Gasteiger partial charge in [-0.2, -0.15) is 0 Å². The van der Waals surface area contributed by atoms with Crippen LogP contribution in [0.1, 0.15) is 40.3 Å². The molecule has 0 radical (unpaired) electrons. The smallest absolute Gasteiger partial charge is 0.265 e. The van der Waals surface area contributed by atoms with Gasteiger partial charge in [0.15, 0.2) is 0 Å². The second-order valence-electron chi connectivity index (χ2n) is 5.99. The average Bonchev–Trinajstić information content (AvgIpc) is 2.84. The van der Waals surface area contributed by atoms with Crippen LogP contribution in [-0.2, 0) is 6.42 Å². The summed E-state index contributed by atoms with van der Waals surface area (Å²) in [5.74, 6) is 1.11. The molecule has 1 amide bonds. The molecule has 6 nitrogen and oxygen atoms in total. The number of carbonyl (C=O) groups is 1. The Kier molecular flexibility index (Phi) is 4.85. The molecule has 3 rings (SSSR count). The van der Waals surface area contributed by atoms with Crippen molar-refractivity contribution < 1.29 is 4.79 Å². The topological polar surface area (TPSA) is 85.0 Å². The molecule has 0 spiro atoms. The van der Waals surface area contributed by atoms with E-state index in [4.69, 9.17) is 5.73 Å². The first kappa shape index (κ1) is 15.9. The molecule has 122 valence electrons. The third-order valence-electron chi connectivity index (χ3n) is 4.30. The van der Waals surface area contributed by atoms with Gasteiger partial charge in [-0.25, -0.2) is 9.97 Å². The van der Waals surface area contributed by atoms with Gasteiger partial charge in [-0.05, 0) is 38.5 Å². The van der Waals surface area contributed by atoms with Gasteiger partial charge in [0.1, 0.15) is 10.7 Å². The van der Waals surface area contributed by atoms with E-state index in [0.717, 1.165) is 55.0 Å². The molecule has 7 heteroatoms. The normalized spacial score (nSPS) is 18.7. The summed E-state index contributed by atoms with van der Waals surface area (Å²) in [6.45, 7) is 3.51. The molecule has 0 bridgehead atoms. The Bertz CT molecular complexity index is 669. The van der Waals surface area contributed by atoms with Crippen molar-refractivity contribution in [2.24, 2.45) is 5.92 Å². The first-order valence-electron chi connectivity index (χ1n) is 7.89. The third kappa shape index (κ3) is 3.85. The standard InChI is InChI=1S/C16H21N5OS/c1-11-15(23-10-20-11)16(22)21-5-2-3-12(4-6-21)7-13-8-19-14(17)9-18-13/h8-10,12H,2-7H2,1H3,(H2,17,19). The molecular weight excluding hydrogens is 310 g/mol. The van der Waals surface area contributed by atoms with Crippen LogP contribution in [0.15, 0.2) is 17.9 Å². The Morgan fingerprint density at radius 3 is 2.87 bits per heavy atom. The van der Waals surface area contributed by atoms with Crippen molar-refractivity contribution in [3.05, 3.63) is 34.2 Å². The van der Waals surface area contributed by atoms with E-state index in [1.807, 2.05) is 11.8 Å². The van der Waals surface area contributed by atoms with Crippen molar-refractivity contribution in [3.63, 3.8) is 0 Å². The molecule has 1 unspecified atom stereocenters. The molecular formula is C16H21N5OS. The number of anilines is 1. The third-order valence-corrected chi connectivity index (χ3v) is 5.21. The van der Waals surface area contributed by atoms with Crippen molar-refractivity contribution >= 4 is 23.1 Å². The van der Waals surface area contributed by atoms with Crippen LogP contribution in [0.5, 0.6) is 0 Å². The minimum atomic E-state index is 0.123. The van der Waals surface area contributed by atoms with Crippen LogP contribution >= 0.6 is 11.3 Å². The molecule has 0 saturated carbocycles. The second-order valence-corrected chi connectivity index (χ2v) is 6.85. The Morgan fingerprint density at radius 2 is 2.17 bits per heavy atom. The molecule has 1 aliphatic heterocycles. The quantitative estimate of drug-likeness (QED) is 0.933. The number of nitrogens with two attached hydrogens (primary N) is 1. The number of hydrogen-bond donors (Lipinski definition) is 1. The van der Waals surface area contributed by atoms with Gasteiger partial charge in [-0.1, -0.05) is 0 Å². The molecule has 2 N–H and O–H groups in total. The Labute approximate surface area is 139 Å². The number of aryl methyl sites for hydroxylation is 1. The number of nitrogen functional groups attached to an aromatic ring is 1. The van der Waals surface area contributed by atoms with Crippen LogP contribution in [0.4, 0.5) is 5.82 Å². The predicted octanol–water partition coefficient (Wildman–Crippen LogP) is 2.31. The highest BCUT2D eigenvalue weighted by molar-refractivity contribution is 7.11. The van der Waals surface area contributed by atoms with Gasteiger partial charge in [-0.15, -0.1) is 11.3 Å². The van der Waals surface area contributed by atoms with Gasteiger partial charge in [-0.3, -0.25) is 9.78 Å². The van der Waals surface area contributed by atoms with Gasteiger partial charge >= 0.3 is 0 Å². The van der Waals surface area contributed by atoms with E-state index in [9.17, 15) is 4.79 Å². The van der Waals surface area contributed by atoms with Gasteiger partial charge in [0, 0.05) is 13.1 Å². The lowest BCUT2D eigenvalue weighted by Crippen LogP contribution is -2.32. The summed E-state index contributed by atoms with van der Waals surface area (Å²) in [5, 5.41) is 0. The fourth-order valence-electron chi connectivity index (χ4n) is 2.99. The fourth-order valence-corrected chi connectivity index (χ4v) is 3.76. The van der Waals surface area contributed by atoms with Crippen LogP contribution in [-0.4, -0.2) is 38.8 Å². The van der Waals surface area contributed by atoms with Crippen LogP contribution in [0, 0.1) is 12.8 Å². The maximum atomic E-state index is 12.6. The van der Waals surface area contributed by atoms with Gasteiger partial charge < -0.3 is 10.6 Å². The lowest BCUT2D eigenvalue weighted by atomic mass is 9.95. The van der Waals surface area contributed by atoms with Crippen molar-refractivity contribution in [2.45, 2.75) is 32.6 Å². The van der Waals surface area contributed by atoms with E-state index in [1.54, 1.807) is 17.9 Å². The minimum absolute atomic E-state index is 0.123. The summed E-state index contributed by atoms with van der Waals surface area (Å²) in [6.07, 6.45) is 7.39. The van der Waals surface area contributed by atoms with Crippen LogP contribution in [0.3, 0.4) is 0 Å². The van der Waals surface area contributed by atoms with E-state index in [-0.39, 0.29) is 5.91 Å². The Balaban J connectivity index is 1.60. The molecule has 2 aromatic heterocycles. The number of thiazole rings is 1. The fraction of sp³-hybridized carbons (Fsp3) is 0.500. The predicted molar refractivity (Wildman–Crippen MR) is 90.2 cm³/mol. The Hall–Kier alpha value is -2.02. The number of aromatic nitrogens is 3. The average molecular weight is 331 g/mol. The number of amides is 1. The monoisotopic (exact) mass is 331 g/mol. The number of carbonyl (C=O) groups excluding carboxylic acids is 1. The van der Waals surface area contributed by atoms with Gasteiger partial charge in [0.25, 0.3) is 5.91 Å². The summed E-state index contributed by atoms with van der Waals surface area (Å²) >= 11 is 1.43. The summed E-state index contributed by atoms with van der Waals surface area (Å²) in [7, 11) is 0. The molecule has 1 saturated heterocycles. The van der Waals surface area contributed by atoms with E-state index in [2.05, 4.69) is 15.0 Å². The second kappa shape index (κ2) is 7.04. The zero-order valence-corrected chi connectivity index (χ0v) is 14.1. The zero-order valence-electron chi connectivity index (χ0n) is 13.2. The lowest BCUT2D eigenvalue weighted by molar-refractivity contribution is 0.0764. The maximum Gasteiger partial charge on any atom is 0.265 e. The van der Waals surface area contributed by atoms with Crippen molar-refractivity contribution in [1.29, 1.82) is 0 Å². The number of likely N-dealkylation sites (tertiary alicyclic amines) is 1. The number of rotatable bonds is 3. The highest BCUT2D eigenvalue weighted by Crippen LogP contribution is 2.23. The number of nitrogens with zero attached hydrogens (tertiary/aromatic N) is 4. The summed E-state index contributed by atoms with van der Waals surface area (Å²) in [5.41, 5.74) is 9.12. The van der Waals surface area contributed by atoms with Crippen LogP contribution < -0.4 is 5.73 Å². The van der Waals surface area contributed by atoms with Crippen molar-refractivity contribution in [3.8, 4) is 0 Å². The SMILES string of the molecule is Cc1ncsc1C(=O)N1CCCC(Cc2cnc(N)cn2)CC1. The van der Waals surface area contributed by atoms with Crippen molar-refractivity contribution in [2.75, 3.05) is 18.8 Å². The molecule has 2 aromatic rings. The summed E-state index contributed by atoms with van der Waals surface area (Å²) < 4.78 is 0. The molecule has 3 heterocycles. The number of hydrogen-bond acceptors (Lipinski definition) is 6. The van der Waals surface area contributed by atoms with Crippen molar-refractivity contribution in [1.82, 2.24) is 19.9 Å². The molecule has 1 atom stereocenters. The summed E-state index contributed by atoms with van der Waals surface area (Å²) in [4.78, 5) is 27.9. The molecule has 23 heavy (non-hydrogen) atoms. The van der Waals surface area contributed by atoms with Crippen LogP contribution in [0.25, 0.3) is 0 Å². The molecule has 0 aliphatic carbocycles. The van der Waals surface area contributed by atoms with E-state index < -0.39 is 0 Å². The van der Waals surface area contributed by atoms with Gasteiger partial charge in [0.05, 0.1) is 29.3 Å². The van der Waals surface area contributed by atoms with E-state index >= 15 is 0 Å². The Morgan fingerprint density at radius 1 is 1.30 bits per heavy atom. The molecule has 1 fully saturated rings. The zero-order chi connectivity index (χ0) is 16.2. The minimum Gasteiger partial charge on any atom is -0.382 e. The first-order valence-corrected chi connectivity index (χ1v) is 8.77. The van der Waals surface area contributed by atoms with E-state index in [1.165, 1.54) is 11.3 Å². The summed E-state index contributed by atoms with van der Waals surface area (Å²) in [6, 6.07) is 0. The largest absolute Gasteiger partial charge is 0.382 e. The lowest BCUT2D eigenvalue weighted by Gasteiger charge is -2.20. The van der Waals surface area contributed by atoms with Gasteiger partial charge in [0.2, 0.25) is 0 Å². The highest BCUT2D eigenvalue weighted by atomic mass is 32.1. The maximum absolute atomic E-state index is 12.6. The van der Waals surface area contributed by atoms with E-state index in [0.29, 0.717) is 11.7 Å². The molecule has 1 aliphatic rings. The first-order chi connectivity index (χ1) is 11.1.